The number of carbonyl (C=O) groups is 1. The molecule has 0 saturated carbocycles. The van der Waals surface area contributed by atoms with Crippen LogP contribution in [0.2, 0.25) is 0 Å². The Kier molecular flexibility index (Phi) is 2.78. The summed E-state index contributed by atoms with van der Waals surface area (Å²) in [6.45, 7) is 0. The van der Waals surface area contributed by atoms with E-state index in [1.165, 1.54) is 11.3 Å². The lowest BCUT2D eigenvalue weighted by Gasteiger charge is -2.00. The Bertz CT molecular complexity index is 761. The van der Waals surface area contributed by atoms with Crippen LogP contribution in [0.25, 0.3) is 10.9 Å². The van der Waals surface area contributed by atoms with Gasteiger partial charge in [0, 0.05) is 10.9 Å². The lowest BCUT2D eigenvalue weighted by molar-refractivity contribution is 0.102. The molecule has 0 aliphatic carbocycles. The van der Waals surface area contributed by atoms with Gasteiger partial charge in [0.05, 0.1) is 5.56 Å². The third kappa shape index (κ3) is 2.09. The van der Waals surface area contributed by atoms with Crippen LogP contribution in [0, 0.1) is 11.3 Å². The van der Waals surface area contributed by atoms with Crippen LogP contribution in [0.1, 0.15) is 16.1 Å². The fraction of sp³-hybridized carbons (Fsp3) is 0. The normalized spacial score (nSPS) is 10.3. The summed E-state index contributed by atoms with van der Waals surface area (Å²) in [6.07, 6.45) is 0. The van der Waals surface area contributed by atoms with E-state index in [4.69, 9.17) is 5.26 Å². The molecule has 0 saturated heterocycles. The first-order chi connectivity index (χ1) is 9.28. The predicted molar refractivity (Wildman–Crippen MR) is 75.3 cm³/mol. The number of amides is 1. The largest absolute Gasteiger partial charge is 0.351 e. The van der Waals surface area contributed by atoms with Crippen LogP contribution in [-0.2, 0) is 0 Å². The van der Waals surface area contributed by atoms with Crippen molar-refractivity contribution in [3.8, 4) is 6.07 Å². The number of aromatic nitrogens is 1. The summed E-state index contributed by atoms with van der Waals surface area (Å²) in [5.74, 6) is -0.241. The average Bonchev–Trinajstić information content (AvgIpc) is 3.03. The van der Waals surface area contributed by atoms with Gasteiger partial charge in [0.15, 0.2) is 0 Å². The molecule has 19 heavy (non-hydrogen) atoms. The Morgan fingerprint density at radius 2 is 2.16 bits per heavy atom. The number of anilines is 1. The van der Waals surface area contributed by atoms with Crippen molar-refractivity contribution in [1.29, 1.82) is 5.26 Å². The van der Waals surface area contributed by atoms with Crippen LogP contribution in [0.15, 0.2) is 41.8 Å². The van der Waals surface area contributed by atoms with Crippen LogP contribution in [-0.4, -0.2) is 10.9 Å². The lowest BCUT2D eigenvalue weighted by atomic mass is 10.2. The molecule has 5 heteroatoms. The fourth-order valence-corrected chi connectivity index (χ4v) is 2.59. The number of para-hydroxylation sites is 1. The summed E-state index contributed by atoms with van der Waals surface area (Å²) >= 11 is 1.34. The summed E-state index contributed by atoms with van der Waals surface area (Å²) < 4.78 is 0. The summed E-state index contributed by atoms with van der Waals surface area (Å²) in [6, 6.07) is 13.2. The number of aromatic amines is 1. The van der Waals surface area contributed by atoms with Gasteiger partial charge in [-0.05, 0) is 23.6 Å². The SMILES string of the molecule is N#Cc1ccsc1NC(=O)c1cc2ccccc2[nH]1. The van der Waals surface area contributed by atoms with Gasteiger partial charge in [0.25, 0.3) is 5.91 Å². The van der Waals surface area contributed by atoms with Crippen molar-refractivity contribution in [2.75, 3.05) is 5.32 Å². The van der Waals surface area contributed by atoms with Crippen LogP contribution in [0.4, 0.5) is 5.00 Å². The number of carbonyl (C=O) groups excluding carboxylic acids is 1. The maximum atomic E-state index is 12.1. The molecule has 1 aromatic carbocycles. The summed E-state index contributed by atoms with van der Waals surface area (Å²) in [7, 11) is 0. The molecule has 0 atom stereocenters. The van der Waals surface area contributed by atoms with E-state index in [2.05, 4.69) is 10.3 Å². The van der Waals surface area contributed by atoms with Gasteiger partial charge in [-0.2, -0.15) is 5.26 Å². The molecule has 0 aliphatic heterocycles. The van der Waals surface area contributed by atoms with Gasteiger partial charge >= 0.3 is 0 Å². The van der Waals surface area contributed by atoms with Crippen LogP contribution >= 0.6 is 11.3 Å². The van der Waals surface area contributed by atoms with E-state index in [1.807, 2.05) is 30.3 Å². The third-order valence-electron chi connectivity index (χ3n) is 2.79. The molecule has 2 N–H and O–H groups in total. The molecule has 0 aliphatic rings. The molecular formula is C14H9N3OS. The predicted octanol–water partition coefficient (Wildman–Crippen LogP) is 3.35. The van der Waals surface area contributed by atoms with Gasteiger partial charge in [0.1, 0.15) is 16.8 Å². The van der Waals surface area contributed by atoms with E-state index in [1.54, 1.807) is 17.5 Å². The van der Waals surface area contributed by atoms with Crippen LogP contribution in [0.5, 0.6) is 0 Å². The van der Waals surface area contributed by atoms with Crippen molar-refractivity contribution in [3.05, 3.63) is 53.0 Å². The first kappa shape index (κ1) is 11.5. The number of rotatable bonds is 2. The standard InChI is InChI=1S/C14H9N3OS/c15-8-10-5-6-19-14(10)17-13(18)12-7-9-3-1-2-4-11(9)16-12/h1-7,16H,(H,17,18). The number of hydrogen-bond acceptors (Lipinski definition) is 3. The Morgan fingerprint density at radius 1 is 1.32 bits per heavy atom. The number of nitrogens with one attached hydrogen (secondary N) is 2. The first-order valence-corrected chi connectivity index (χ1v) is 6.52. The molecule has 0 bridgehead atoms. The topological polar surface area (TPSA) is 68.7 Å². The highest BCUT2D eigenvalue weighted by molar-refractivity contribution is 7.14. The number of nitriles is 1. The van der Waals surface area contributed by atoms with Gasteiger partial charge in [-0.15, -0.1) is 11.3 Å². The molecular weight excluding hydrogens is 258 g/mol. The number of thiophene rings is 1. The maximum Gasteiger partial charge on any atom is 0.272 e. The van der Waals surface area contributed by atoms with Gasteiger partial charge in [-0.25, -0.2) is 0 Å². The zero-order chi connectivity index (χ0) is 13.2. The summed E-state index contributed by atoms with van der Waals surface area (Å²) in [4.78, 5) is 15.2. The zero-order valence-corrected chi connectivity index (χ0v) is 10.6. The number of hydrogen-bond donors (Lipinski definition) is 2. The molecule has 2 aromatic heterocycles. The zero-order valence-electron chi connectivity index (χ0n) is 9.81. The minimum absolute atomic E-state index is 0.241. The van der Waals surface area contributed by atoms with Gasteiger partial charge in [-0.3, -0.25) is 4.79 Å². The Labute approximate surface area is 113 Å². The highest BCUT2D eigenvalue weighted by atomic mass is 32.1. The van der Waals surface area contributed by atoms with Crippen molar-refractivity contribution in [2.24, 2.45) is 0 Å². The second kappa shape index (κ2) is 4.59. The number of H-pyrrole nitrogens is 1. The van der Waals surface area contributed by atoms with Crippen molar-refractivity contribution in [1.82, 2.24) is 4.98 Å². The minimum atomic E-state index is -0.241. The molecule has 3 aromatic rings. The molecule has 0 fully saturated rings. The minimum Gasteiger partial charge on any atom is -0.351 e. The molecule has 0 radical (unpaired) electrons. The highest BCUT2D eigenvalue weighted by Gasteiger charge is 2.12. The summed E-state index contributed by atoms with van der Waals surface area (Å²) in [5.41, 5.74) is 1.88. The maximum absolute atomic E-state index is 12.1. The van der Waals surface area contributed by atoms with Crippen molar-refractivity contribution in [2.45, 2.75) is 0 Å². The quantitative estimate of drug-likeness (QED) is 0.747. The first-order valence-electron chi connectivity index (χ1n) is 5.64. The van der Waals surface area contributed by atoms with Crippen molar-refractivity contribution < 1.29 is 4.79 Å². The van der Waals surface area contributed by atoms with Crippen LogP contribution < -0.4 is 5.32 Å². The molecule has 92 valence electrons. The number of benzene rings is 1. The number of fused-ring (bicyclic) bond motifs is 1. The molecule has 3 rings (SSSR count). The van der Waals surface area contributed by atoms with E-state index in [0.29, 0.717) is 16.3 Å². The third-order valence-corrected chi connectivity index (χ3v) is 3.62. The number of nitrogens with zero attached hydrogens (tertiary/aromatic N) is 1. The molecule has 1 amide bonds. The Hall–Kier alpha value is -2.58. The van der Waals surface area contributed by atoms with E-state index in [9.17, 15) is 4.79 Å². The average molecular weight is 267 g/mol. The van der Waals surface area contributed by atoms with Crippen LogP contribution in [0.3, 0.4) is 0 Å². The monoisotopic (exact) mass is 267 g/mol. The van der Waals surface area contributed by atoms with E-state index >= 15 is 0 Å². The fourth-order valence-electron chi connectivity index (χ4n) is 1.86. The van der Waals surface area contributed by atoms with Crippen molar-refractivity contribution in [3.63, 3.8) is 0 Å². The molecule has 4 nitrogen and oxygen atoms in total. The lowest BCUT2D eigenvalue weighted by Crippen LogP contribution is -2.11. The summed E-state index contributed by atoms with van der Waals surface area (Å²) in [5, 5.41) is 15.0. The second-order valence-electron chi connectivity index (χ2n) is 4.00. The molecule has 0 unspecified atom stereocenters. The molecule has 2 heterocycles. The van der Waals surface area contributed by atoms with E-state index in [0.717, 1.165) is 10.9 Å². The van der Waals surface area contributed by atoms with Crippen molar-refractivity contribution >= 4 is 33.1 Å². The van der Waals surface area contributed by atoms with Gasteiger partial charge in [0.2, 0.25) is 0 Å². The van der Waals surface area contributed by atoms with Gasteiger partial charge < -0.3 is 10.3 Å². The highest BCUT2D eigenvalue weighted by Crippen LogP contribution is 2.23. The van der Waals surface area contributed by atoms with Gasteiger partial charge in [-0.1, -0.05) is 18.2 Å². The Balaban J connectivity index is 1.90. The Morgan fingerprint density at radius 3 is 2.95 bits per heavy atom. The second-order valence-corrected chi connectivity index (χ2v) is 4.92. The van der Waals surface area contributed by atoms with E-state index < -0.39 is 0 Å². The van der Waals surface area contributed by atoms with E-state index in [-0.39, 0.29) is 5.91 Å². The smallest absolute Gasteiger partial charge is 0.272 e. The molecule has 0 spiro atoms.